The molecule has 312 valence electrons. The minimum absolute atomic E-state index is 0.0203. The number of likely N-dealkylation sites (tertiary alicyclic amines) is 1. The fraction of sp³-hybridized carbons (Fsp3) is 0.488. The number of carbonyl (C=O) groups excluding carboxylic acids is 4. The maximum atomic E-state index is 14.1. The van der Waals surface area contributed by atoms with Gasteiger partial charge in [-0.15, -0.1) is 0 Å². The molecule has 6 rings (SSSR count). The van der Waals surface area contributed by atoms with Crippen molar-refractivity contribution >= 4 is 52.8 Å². The molecule has 3 N–H and O–H groups in total. The third kappa shape index (κ3) is 10.4. The summed E-state index contributed by atoms with van der Waals surface area (Å²) < 4.78 is 52.9. The molecule has 4 amide bonds. The monoisotopic (exact) mass is 827 g/mol. The Labute approximate surface area is 340 Å². The van der Waals surface area contributed by atoms with Crippen molar-refractivity contribution in [1.82, 2.24) is 19.7 Å². The van der Waals surface area contributed by atoms with Crippen LogP contribution in [0.5, 0.6) is 0 Å². The highest BCUT2D eigenvalue weighted by atomic mass is 35.5. The molecular weight excluding hydrogens is 779 g/mol. The van der Waals surface area contributed by atoms with Crippen LogP contribution in [0.25, 0.3) is 0 Å². The number of amides is 4. The number of nitrogens with one attached hydrogen (secondary N) is 1. The number of urea groups is 1. The van der Waals surface area contributed by atoms with Gasteiger partial charge in [-0.05, 0) is 67.1 Å². The van der Waals surface area contributed by atoms with Gasteiger partial charge in [0.15, 0.2) is 6.10 Å². The van der Waals surface area contributed by atoms with Crippen LogP contribution in [-0.2, 0) is 33.3 Å². The van der Waals surface area contributed by atoms with Gasteiger partial charge in [-0.1, -0.05) is 56.0 Å². The predicted molar refractivity (Wildman–Crippen MR) is 213 cm³/mol. The summed E-state index contributed by atoms with van der Waals surface area (Å²) in [4.78, 5) is 64.4. The molecule has 2 fully saturated rings. The molecule has 13 nitrogen and oxygen atoms in total. The standard InChI is InChI=1S/C41H49ClF3N7O6/c1-2-3-4-7-22-57-38(54)29-10-11-35(47-26-29)49-18-20-50(21-19-49)37(53)34(25-27-23-31(41(43,44)45)36(46)32(42)24-27)58-40(56)51-15-13-30(14-16-51)52-17-12-28-8-5-6-9-33(28)48-39(52)55/h5-6,8-11,23-24,26,30,34H,2-4,7,12-22,25,46H2,1H3,(H,48,55)/t34-/m1/s1. The Kier molecular flexibility index (Phi) is 13.9. The molecule has 17 heteroatoms. The number of hydrogen-bond acceptors (Lipinski definition) is 9. The van der Waals surface area contributed by atoms with E-state index in [-0.39, 0.29) is 55.3 Å². The number of fused-ring (bicyclic) bond motifs is 1. The number of para-hydroxylation sites is 1. The molecule has 58 heavy (non-hydrogen) atoms. The molecule has 3 aliphatic rings. The van der Waals surface area contributed by atoms with Crippen LogP contribution in [0.4, 0.5) is 40.0 Å². The average Bonchev–Trinajstić information content (AvgIpc) is 3.39. The van der Waals surface area contributed by atoms with Gasteiger partial charge in [0, 0.05) is 70.2 Å². The van der Waals surface area contributed by atoms with Crippen molar-refractivity contribution in [3.8, 4) is 0 Å². The van der Waals surface area contributed by atoms with Gasteiger partial charge < -0.3 is 40.1 Å². The minimum Gasteiger partial charge on any atom is -0.462 e. The number of halogens is 4. The van der Waals surface area contributed by atoms with Gasteiger partial charge in [0.2, 0.25) is 0 Å². The maximum absolute atomic E-state index is 14.1. The van der Waals surface area contributed by atoms with Crippen LogP contribution in [-0.4, -0.2) is 108 Å². The number of nitrogen functional groups attached to an aromatic ring is 1. The molecule has 0 spiro atoms. The van der Waals surface area contributed by atoms with Crippen LogP contribution in [0.3, 0.4) is 0 Å². The SMILES string of the molecule is CCCCCCOC(=O)c1ccc(N2CCN(C(=O)[C@@H](Cc3cc(Cl)c(N)c(C(F)(F)F)c3)OC(=O)N3CCC(N4CCc5ccccc5NC4=O)CC3)CC2)nc1. The molecule has 0 saturated carbocycles. The summed E-state index contributed by atoms with van der Waals surface area (Å²) in [6.07, 6.45) is -0.429. The van der Waals surface area contributed by atoms with Crippen molar-refractivity contribution in [2.24, 2.45) is 0 Å². The van der Waals surface area contributed by atoms with Gasteiger partial charge in [0.25, 0.3) is 5.91 Å². The zero-order chi connectivity index (χ0) is 41.4. The lowest BCUT2D eigenvalue weighted by Crippen LogP contribution is -2.54. The summed E-state index contributed by atoms with van der Waals surface area (Å²) in [6, 6.07) is 12.7. The van der Waals surface area contributed by atoms with E-state index < -0.39 is 41.5 Å². The van der Waals surface area contributed by atoms with Crippen LogP contribution in [0.1, 0.15) is 72.5 Å². The van der Waals surface area contributed by atoms with Gasteiger partial charge in [-0.25, -0.2) is 19.4 Å². The first-order valence-corrected chi connectivity index (χ1v) is 20.1. The van der Waals surface area contributed by atoms with E-state index in [4.69, 9.17) is 26.8 Å². The number of ether oxygens (including phenoxy) is 2. The molecule has 1 aromatic heterocycles. The largest absolute Gasteiger partial charge is 0.462 e. The number of carbonyl (C=O) groups is 4. The number of aromatic nitrogens is 1. The van der Waals surface area contributed by atoms with Crippen LogP contribution in [0.2, 0.25) is 5.02 Å². The highest BCUT2D eigenvalue weighted by Crippen LogP contribution is 2.38. The summed E-state index contributed by atoms with van der Waals surface area (Å²) in [5.74, 6) is -0.427. The second-order valence-corrected chi connectivity index (χ2v) is 15.2. The van der Waals surface area contributed by atoms with Gasteiger partial charge in [-0.2, -0.15) is 13.2 Å². The average molecular weight is 828 g/mol. The van der Waals surface area contributed by atoms with E-state index in [0.717, 1.165) is 43.0 Å². The van der Waals surface area contributed by atoms with Gasteiger partial charge in [0.05, 0.1) is 28.4 Å². The fourth-order valence-corrected chi connectivity index (χ4v) is 7.79. The molecule has 2 saturated heterocycles. The quantitative estimate of drug-likeness (QED) is 0.112. The number of piperazine rings is 1. The zero-order valence-electron chi connectivity index (χ0n) is 32.4. The molecule has 0 radical (unpaired) electrons. The van der Waals surface area contributed by atoms with Crippen LogP contribution >= 0.6 is 11.6 Å². The summed E-state index contributed by atoms with van der Waals surface area (Å²) in [6.45, 7) is 4.58. The van der Waals surface area contributed by atoms with E-state index >= 15 is 0 Å². The first-order chi connectivity index (χ1) is 27.8. The van der Waals surface area contributed by atoms with Crippen molar-refractivity contribution in [3.05, 3.63) is 82.0 Å². The first kappa shape index (κ1) is 42.4. The number of rotatable bonds is 12. The normalized spacial score (nSPS) is 16.9. The zero-order valence-corrected chi connectivity index (χ0v) is 33.2. The number of benzene rings is 2. The van der Waals surface area contributed by atoms with Crippen molar-refractivity contribution in [1.29, 1.82) is 0 Å². The van der Waals surface area contributed by atoms with Crippen LogP contribution < -0.4 is 16.0 Å². The third-order valence-electron chi connectivity index (χ3n) is 10.9. The van der Waals surface area contributed by atoms with E-state index in [9.17, 15) is 32.3 Å². The Morgan fingerprint density at radius 1 is 0.966 bits per heavy atom. The third-order valence-corrected chi connectivity index (χ3v) is 11.2. The lowest BCUT2D eigenvalue weighted by molar-refractivity contribution is -0.141. The predicted octanol–water partition coefficient (Wildman–Crippen LogP) is 7.02. The molecule has 2 aromatic carbocycles. The first-order valence-electron chi connectivity index (χ1n) is 19.8. The van der Waals surface area contributed by atoms with Crippen molar-refractivity contribution < 1.29 is 41.8 Å². The lowest BCUT2D eigenvalue weighted by Gasteiger charge is -2.39. The van der Waals surface area contributed by atoms with E-state index in [1.54, 1.807) is 17.0 Å². The maximum Gasteiger partial charge on any atom is 0.418 e. The lowest BCUT2D eigenvalue weighted by atomic mass is 10.0. The Morgan fingerprint density at radius 3 is 2.40 bits per heavy atom. The smallest absolute Gasteiger partial charge is 0.418 e. The molecule has 3 aliphatic heterocycles. The summed E-state index contributed by atoms with van der Waals surface area (Å²) >= 11 is 6.12. The Balaban J connectivity index is 1.09. The number of hydrogen-bond donors (Lipinski definition) is 2. The highest BCUT2D eigenvalue weighted by molar-refractivity contribution is 6.33. The number of anilines is 3. The topological polar surface area (TPSA) is 151 Å². The number of esters is 1. The van der Waals surface area contributed by atoms with Gasteiger partial charge >= 0.3 is 24.3 Å². The molecule has 0 aliphatic carbocycles. The van der Waals surface area contributed by atoms with Crippen LogP contribution in [0, 0.1) is 0 Å². The van der Waals surface area contributed by atoms with E-state index in [1.165, 1.54) is 22.1 Å². The summed E-state index contributed by atoms with van der Waals surface area (Å²) in [5.41, 5.74) is 6.04. The number of nitrogens with zero attached hydrogens (tertiary/aromatic N) is 5. The second-order valence-electron chi connectivity index (χ2n) is 14.8. The van der Waals surface area contributed by atoms with Gasteiger partial charge in [-0.3, -0.25) is 4.79 Å². The Hall–Kier alpha value is -5.25. The molecule has 0 unspecified atom stereocenters. The minimum atomic E-state index is -4.81. The van der Waals surface area contributed by atoms with E-state index in [0.29, 0.717) is 56.9 Å². The molecule has 4 heterocycles. The molecule has 0 bridgehead atoms. The van der Waals surface area contributed by atoms with Crippen molar-refractivity contribution in [3.63, 3.8) is 0 Å². The number of pyridine rings is 1. The van der Waals surface area contributed by atoms with E-state index in [1.807, 2.05) is 29.2 Å². The van der Waals surface area contributed by atoms with Gasteiger partial charge in [0.1, 0.15) is 5.82 Å². The Morgan fingerprint density at radius 2 is 1.71 bits per heavy atom. The van der Waals surface area contributed by atoms with E-state index in [2.05, 4.69) is 17.2 Å². The molecule has 1 atom stereocenters. The highest BCUT2D eigenvalue weighted by Gasteiger charge is 2.38. The fourth-order valence-electron chi connectivity index (χ4n) is 7.54. The number of unbranched alkanes of at least 4 members (excludes halogenated alkanes) is 3. The molecule has 3 aromatic rings. The number of alkyl halides is 3. The van der Waals surface area contributed by atoms with Crippen molar-refractivity contribution in [2.75, 3.05) is 68.4 Å². The number of nitrogens with two attached hydrogens (primary N) is 1. The Bertz CT molecular complexity index is 1940. The molecular formula is C41H49ClF3N7O6. The summed E-state index contributed by atoms with van der Waals surface area (Å²) in [7, 11) is 0. The van der Waals surface area contributed by atoms with Crippen molar-refractivity contribution in [2.45, 2.75) is 76.6 Å². The number of piperidine rings is 1. The summed E-state index contributed by atoms with van der Waals surface area (Å²) in [5, 5.41) is 2.64. The van der Waals surface area contributed by atoms with Crippen LogP contribution in [0.15, 0.2) is 54.7 Å². The second kappa shape index (κ2) is 19.0.